The molecule has 6 rings (SSSR count). The van der Waals surface area contributed by atoms with Gasteiger partial charge in [0.15, 0.2) is 10.9 Å². The number of carbonyl (C=O) groups is 4. The lowest BCUT2D eigenvalue weighted by molar-refractivity contribution is -0.138. The largest absolute Gasteiger partial charge is 0.492 e. The highest BCUT2D eigenvalue weighted by atomic mass is 32.1. The molecule has 3 atom stereocenters. The molecule has 61 heavy (non-hydrogen) atoms. The summed E-state index contributed by atoms with van der Waals surface area (Å²) in [5.74, 6) is -0.388. The van der Waals surface area contributed by atoms with Gasteiger partial charge in [0, 0.05) is 55.2 Å². The van der Waals surface area contributed by atoms with E-state index in [0.717, 1.165) is 22.6 Å². The fourth-order valence-electron chi connectivity index (χ4n) is 8.11. The molecule has 0 bridgehead atoms. The topological polar surface area (TPSA) is 162 Å². The summed E-state index contributed by atoms with van der Waals surface area (Å²) < 4.78 is 47.7. The number of alkyl halides is 3. The molecule has 1 unspecified atom stereocenters. The third kappa shape index (κ3) is 9.70. The zero-order chi connectivity index (χ0) is 44.4. The molecule has 2 aliphatic heterocycles. The maximum absolute atomic E-state index is 13.8. The second-order valence-corrected chi connectivity index (χ2v) is 16.5. The van der Waals surface area contributed by atoms with Crippen LogP contribution < -0.4 is 25.2 Å². The van der Waals surface area contributed by atoms with Crippen LogP contribution in [-0.4, -0.2) is 94.7 Å². The van der Waals surface area contributed by atoms with E-state index in [-0.39, 0.29) is 53.3 Å². The number of halogens is 3. The number of aryl methyl sites for hydroxylation is 1. The van der Waals surface area contributed by atoms with Crippen LogP contribution in [0.5, 0.6) is 5.75 Å². The zero-order valence-corrected chi connectivity index (χ0v) is 35.4. The number of hydrogen-bond acceptors (Lipinski definition) is 11. The molecular weight excluding hydrogens is 810 g/mol. The Kier molecular flexibility index (Phi) is 13.2. The molecule has 1 aliphatic carbocycles. The summed E-state index contributed by atoms with van der Waals surface area (Å²) in [7, 11) is 0. The number of nitrogens with zero attached hydrogens (tertiary/aromatic N) is 6. The van der Waals surface area contributed by atoms with E-state index in [2.05, 4.69) is 40.4 Å². The molecule has 3 aromatic rings. The van der Waals surface area contributed by atoms with Crippen LogP contribution in [0.2, 0.25) is 0 Å². The van der Waals surface area contributed by atoms with Crippen LogP contribution in [0.25, 0.3) is 0 Å². The maximum Gasteiger partial charge on any atom is 0.417 e. The summed E-state index contributed by atoms with van der Waals surface area (Å²) in [4.78, 5) is 58.1. The van der Waals surface area contributed by atoms with Crippen molar-refractivity contribution < 1.29 is 37.1 Å². The first-order valence-corrected chi connectivity index (χ1v) is 20.4. The van der Waals surface area contributed by atoms with Gasteiger partial charge in [0.05, 0.1) is 53.5 Å². The van der Waals surface area contributed by atoms with Crippen LogP contribution in [-0.2, 0) is 31.8 Å². The number of benzene rings is 3. The normalized spacial score (nSPS) is 21.0. The lowest BCUT2D eigenvalue weighted by Crippen LogP contribution is -2.58. The molecule has 17 heteroatoms. The van der Waals surface area contributed by atoms with Crippen molar-refractivity contribution in [2.75, 3.05) is 53.2 Å². The highest BCUT2D eigenvalue weighted by Crippen LogP contribution is 2.40. The van der Waals surface area contributed by atoms with Gasteiger partial charge in [0.1, 0.15) is 23.7 Å². The smallest absolute Gasteiger partial charge is 0.417 e. The first kappa shape index (κ1) is 44.7. The summed E-state index contributed by atoms with van der Waals surface area (Å²) >= 11 is 5.72. The van der Waals surface area contributed by atoms with Crippen molar-refractivity contribution in [2.45, 2.75) is 90.1 Å². The summed E-state index contributed by atoms with van der Waals surface area (Å²) in [6.07, 6.45) is -3.65. The molecule has 1 saturated carbocycles. The zero-order valence-electron chi connectivity index (χ0n) is 34.6. The van der Waals surface area contributed by atoms with E-state index in [9.17, 15) is 42.9 Å². The molecule has 3 fully saturated rings. The van der Waals surface area contributed by atoms with E-state index >= 15 is 0 Å². The van der Waals surface area contributed by atoms with E-state index < -0.39 is 34.8 Å². The van der Waals surface area contributed by atoms with Crippen LogP contribution in [0.3, 0.4) is 0 Å². The number of Topliss-reactive ketones (excluding diaryl/α,β-unsaturated/α-hetero) is 2. The summed E-state index contributed by atoms with van der Waals surface area (Å²) in [5.41, 5.74) is -0.347. The molecule has 0 radical (unpaired) electrons. The van der Waals surface area contributed by atoms with Gasteiger partial charge in [0.25, 0.3) is 5.91 Å². The van der Waals surface area contributed by atoms with Crippen molar-refractivity contribution in [3.8, 4) is 17.9 Å². The number of rotatable bonds is 12. The number of nitrogens with one attached hydrogen (secondary N) is 2. The predicted molar refractivity (Wildman–Crippen MR) is 227 cm³/mol. The highest BCUT2D eigenvalue weighted by Gasteiger charge is 2.51. The summed E-state index contributed by atoms with van der Waals surface area (Å²) in [5, 5.41) is 24.9. The van der Waals surface area contributed by atoms with Gasteiger partial charge in [-0.15, -0.1) is 0 Å². The van der Waals surface area contributed by atoms with Crippen LogP contribution in [0.1, 0.15) is 76.1 Å². The summed E-state index contributed by atoms with van der Waals surface area (Å²) in [6, 6.07) is 16.6. The van der Waals surface area contributed by atoms with Gasteiger partial charge in [-0.1, -0.05) is 6.92 Å². The van der Waals surface area contributed by atoms with Gasteiger partial charge >= 0.3 is 6.18 Å². The molecule has 13 nitrogen and oxygen atoms in total. The van der Waals surface area contributed by atoms with Gasteiger partial charge in [-0.05, 0) is 113 Å². The molecule has 2 N–H and O–H groups in total. The molecule has 2 heterocycles. The number of thiocarbonyl (C=S) groups is 1. The maximum atomic E-state index is 13.8. The number of ether oxygens (including phenoxy) is 1. The Morgan fingerprint density at radius 1 is 0.951 bits per heavy atom. The van der Waals surface area contributed by atoms with E-state index in [1.165, 1.54) is 6.07 Å². The Balaban J connectivity index is 1.05. The number of ketones is 2. The Bertz CT molecular complexity index is 2340. The third-order valence-electron chi connectivity index (χ3n) is 11.4. The molecule has 0 aromatic heterocycles. The molecule has 2 saturated heterocycles. The quantitative estimate of drug-likeness (QED) is 0.152. The Labute approximate surface area is 358 Å². The average molecular weight is 857 g/mol. The second kappa shape index (κ2) is 18.0. The molecule has 3 aromatic carbocycles. The average Bonchev–Trinajstić information content (AvgIpc) is 3.38. The summed E-state index contributed by atoms with van der Waals surface area (Å²) in [6.45, 7) is 11.8. The van der Waals surface area contributed by atoms with Crippen molar-refractivity contribution in [3.05, 3.63) is 76.9 Å². The van der Waals surface area contributed by atoms with Gasteiger partial charge in [-0.2, -0.15) is 23.7 Å². The molecular formula is C44H47F3N8O5S. The number of carbonyl (C=O) groups excluding carboxylic acids is 4. The van der Waals surface area contributed by atoms with Crippen LogP contribution >= 0.6 is 12.2 Å². The highest BCUT2D eigenvalue weighted by molar-refractivity contribution is 7.81. The van der Waals surface area contributed by atoms with E-state index in [1.807, 2.05) is 13.0 Å². The third-order valence-corrected chi connectivity index (χ3v) is 11.8. The number of amides is 2. The van der Waals surface area contributed by atoms with Crippen molar-refractivity contribution in [2.24, 2.45) is 0 Å². The Morgan fingerprint density at radius 2 is 1.64 bits per heavy atom. The van der Waals surface area contributed by atoms with Crippen LogP contribution in [0.15, 0.2) is 54.6 Å². The van der Waals surface area contributed by atoms with Crippen molar-refractivity contribution in [1.82, 2.24) is 9.80 Å². The Morgan fingerprint density at radius 3 is 2.31 bits per heavy atom. The lowest BCUT2D eigenvalue weighted by atomic mass is 9.93. The van der Waals surface area contributed by atoms with E-state index in [4.69, 9.17) is 17.0 Å². The van der Waals surface area contributed by atoms with Gasteiger partial charge in [-0.3, -0.25) is 33.9 Å². The standard InChI is InChI=1S/C44H47F3N8O5S/c1-6-29-17-34(55-42(61)54(41(59)43(55,4)5)33-8-7-30(22-49)36(19-33)44(45,46)47)9-12-39(29)60-14-13-52-23-27(3)53(24-26(52)2)25-40(58)51-32-16-28(21-48)15-31(18-32)50-37-11-10-35(56)20-38(37)57/h7-9,12,15-19,26-27,37,50H,6,10-11,13-14,20,23-25H2,1-5H3,(H,51,58)/t26-,27-,37?/m1/s1. The minimum atomic E-state index is -4.81. The van der Waals surface area contributed by atoms with Gasteiger partial charge in [0.2, 0.25) is 5.91 Å². The van der Waals surface area contributed by atoms with Crippen LogP contribution in [0, 0.1) is 22.7 Å². The van der Waals surface area contributed by atoms with Gasteiger partial charge < -0.3 is 20.3 Å². The fraction of sp³-hybridized carbons (Fsp3) is 0.432. The first-order valence-electron chi connectivity index (χ1n) is 20.0. The molecule has 2 amide bonds. The SMILES string of the molecule is CCc1cc(N2C(=S)N(c3ccc(C#N)c(C(F)(F)F)c3)C(=O)C2(C)C)ccc1OCCN1C[C@@H](C)N(CC(=O)Nc2cc(C#N)cc(NC3CCC(=O)CC3=O)c2)C[C@H]1C. The van der Waals surface area contributed by atoms with Gasteiger partial charge in [-0.25, -0.2) is 0 Å². The monoisotopic (exact) mass is 856 g/mol. The minimum Gasteiger partial charge on any atom is -0.492 e. The molecule has 0 spiro atoms. The number of piperazine rings is 1. The van der Waals surface area contributed by atoms with E-state index in [0.29, 0.717) is 73.9 Å². The Hall–Kier alpha value is -5.88. The van der Waals surface area contributed by atoms with E-state index in [1.54, 1.807) is 55.1 Å². The second-order valence-electron chi connectivity index (χ2n) is 16.1. The van der Waals surface area contributed by atoms with Crippen LogP contribution in [0.4, 0.5) is 35.9 Å². The van der Waals surface area contributed by atoms with Crippen molar-refractivity contribution >= 4 is 63.5 Å². The predicted octanol–water partition coefficient (Wildman–Crippen LogP) is 6.44. The van der Waals surface area contributed by atoms with Crippen molar-refractivity contribution in [1.29, 1.82) is 10.5 Å². The molecule has 3 aliphatic rings. The lowest BCUT2D eigenvalue weighted by Gasteiger charge is -2.43. The fourth-order valence-corrected chi connectivity index (χ4v) is 8.64. The van der Waals surface area contributed by atoms with Crippen molar-refractivity contribution in [3.63, 3.8) is 0 Å². The minimum absolute atomic E-state index is 0.00648. The number of anilines is 4. The number of hydrogen-bond donors (Lipinski definition) is 2. The first-order chi connectivity index (χ1) is 28.8. The number of nitriles is 2. The molecule has 320 valence electrons.